The van der Waals surface area contributed by atoms with E-state index < -0.39 is 23.9 Å². The van der Waals surface area contributed by atoms with Crippen LogP contribution in [0.15, 0.2) is 73.1 Å². The van der Waals surface area contributed by atoms with E-state index in [1.165, 1.54) is 19.2 Å². The van der Waals surface area contributed by atoms with Gasteiger partial charge in [0, 0.05) is 11.8 Å². The smallest absolute Gasteiger partial charge is 0.416 e. The van der Waals surface area contributed by atoms with Gasteiger partial charge < -0.3 is 10.1 Å². The monoisotopic (exact) mass is 440 g/mol. The number of alkyl halides is 3. The number of hydrogen-bond donors (Lipinski definition) is 1. The maximum absolute atomic E-state index is 12.9. The average Bonchev–Trinajstić information content (AvgIpc) is 3.23. The highest BCUT2D eigenvalue weighted by atomic mass is 19.4. The van der Waals surface area contributed by atoms with Crippen molar-refractivity contribution in [1.82, 2.24) is 19.9 Å². The second kappa shape index (κ2) is 8.70. The average molecular weight is 440 g/mol. The maximum atomic E-state index is 12.9. The van der Waals surface area contributed by atoms with Crippen LogP contribution in [-0.2, 0) is 17.3 Å². The molecule has 9 heteroatoms. The van der Waals surface area contributed by atoms with Crippen LogP contribution >= 0.6 is 0 Å². The number of ether oxygens (including phenoxy) is 1. The summed E-state index contributed by atoms with van der Waals surface area (Å²) in [7, 11) is 1.29. The molecule has 0 bridgehead atoms. The van der Waals surface area contributed by atoms with Gasteiger partial charge >= 0.3 is 12.3 Å². The zero-order valence-electron chi connectivity index (χ0n) is 17.0. The molecule has 1 atom stereocenters. The summed E-state index contributed by atoms with van der Waals surface area (Å²) in [5.74, 6) is 0. The fourth-order valence-corrected chi connectivity index (χ4v) is 3.50. The Morgan fingerprint density at radius 1 is 1.09 bits per heavy atom. The van der Waals surface area contributed by atoms with Crippen molar-refractivity contribution in [3.8, 4) is 11.1 Å². The van der Waals surface area contributed by atoms with Crippen molar-refractivity contribution >= 4 is 11.7 Å². The van der Waals surface area contributed by atoms with Gasteiger partial charge in [0.2, 0.25) is 0 Å². The highest BCUT2D eigenvalue weighted by molar-refractivity contribution is 5.77. The van der Waals surface area contributed by atoms with Gasteiger partial charge in [-0.3, -0.25) is 0 Å². The third kappa shape index (κ3) is 4.41. The molecule has 164 valence electrons. The number of fused-ring (bicyclic) bond motifs is 1. The Balaban J connectivity index is 1.74. The van der Waals surface area contributed by atoms with Crippen molar-refractivity contribution < 1.29 is 22.7 Å². The minimum Gasteiger partial charge on any atom is -0.453 e. The number of hydrogen-bond acceptors (Lipinski definition) is 4. The molecule has 32 heavy (non-hydrogen) atoms. The van der Waals surface area contributed by atoms with Crippen LogP contribution in [0.5, 0.6) is 0 Å². The number of rotatable bonds is 5. The van der Waals surface area contributed by atoms with E-state index in [2.05, 4.69) is 15.4 Å². The van der Waals surface area contributed by atoms with Crippen LogP contribution in [0, 0.1) is 0 Å². The minimum absolute atomic E-state index is 0.465. The SMILES string of the molecule is COC(=O)N[C@H](Cc1ccccc1)c1ccnc2c(-c3ccc(C(F)(F)F)cc3)cnn12. The van der Waals surface area contributed by atoms with Crippen LogP contribution < -0.4 is 5.32 Å². The van der Waals surface area contributed by atoms with Crippen molar-refractivity contribution in [2.24, 2.45) is 0 Å². The first kappa shape index (κ1) is 21.4. The van der Waals surface area contributed by atoms with Crippen molar-refractivity contribution in [1.29, 1.82) is 0 Å². The fraction of sp³-hybridized carbons (Fsp3) is 0.174. The predicted molar refractivity (Wildman–Crippen MR) is 112 cm³/mol. The van der Waals surface area contributed by atoms with Crippen LogP contribution in [0.3, 0.4) is 0 Å². The van der Waals surface area contributed by atoms with E-state index >= 15 is 0 Å². The molecule has 1 N–H and O–H groups in total. The van der Waals surface area contributed by atoms with Gasteiger partial charge in [0.1, 0.15) is 0 Å². The van der Waals surface area contributed by atoms with Gasteiger partial charge in [0.05, 0.1) is 30.6 Å². The summed E-state index contributed by atoms with van der Waals surface area (Å²) in [6, 6.07) is 15.7. The lowest BCUT2D eigenvalue weighted by atomic mass is 10.0. The van der Waals surface area contributed by atoms with Gasteiger partial charge in [0.15, 0.2) is 5.65 Å². The van der Waals surface area contributed by atoms with E-state index in [0.29, 0.717) is 28.9 Å². The van der Waals surface area contributed by atoms with Crippen LogP contribution in [0.25, 0.3) is 16.8 Å². The second-order valence-corrected chi connectivity index (χ2v) is 7.12. The topological polar surface area (TPSA) is 68.5 Å². The lowest BCUT2D eigenvalue weighted by molar-refractivity contribution is -0.137. The quantitative estimate of drug-likeness (QED) is 0.471. The summed E-state index contributed by atoms with van der Waals surface area (Å²) in [5.41, 5.74) is 2.52. The molecule has 4 rings (SSSR count). The molecular weight excluding hydrogens is 421 g/mol. The largest absolute Gasteiger partial charge is 0.453 e. The molecule has 0 saturated carbocycles. The highest BCUT2D eigenvalue weighted by Crippen LogP contribution is 2.32. The number of amides is 1. The first-order valence-corrected chi connectivity index (χ1v) is 9.75. The van der Waals surface area contributed by atoms with Crippen LogP contribution in [0.2, 0.25) is 0 Å². The molecule has 0 aliphatic heterocycles. The molecule has 0 saturated heterocycles. The number of carbonyl (C=O) groups excluding carboxylic acids is 1. The van der Waals surface area contributed by atoms with Gasteiger partial charge in [-0.2, -0.15) is 18.3 Å². The fourth-order valence-electron chi connectivity index (χ4n) is 3.50. The number of carbonyl (C=O) groups is 1. The Bertz CT molecular complexity index is 1220. The Hall–Kier alpha value is -3.88. The van der Waals surface area contributed by atoms with Gasteiger partial charge in [-0.25, -0.2) is 14.3 Å². The van der Waals surface area contributed by atoms with Gasteiger partial charge in [-0.15, -0.1) is 0 Å². The predicted octanol–water partition coefficient (Wildman–Crippen LogP) is 5.05. The summed E-state index contributed by atoms with van der Waals surface area (Å²) in [6.45, 7) is 0. The van der Waals surface area contributed by atoms with E-state index in [9.17, 15) is 18.0 Å². The number of aromatic nitrogens is 3. The third-order valence-electron chi connectivity index (χ3n) is 5.07. The van der Waals surface area contributed by atoms with E-state index in [0.717, 1.165) is 17.7 Å². The number of nitrogens with zero attached hydrogens (tertiary/aromatic N) is 3. The first-order chi connectivity index (χ1) is 15.4. The Morgan fingerprint density at radius 3 is 2.47 bits per heavy atom. The summed E-state index contributed by atoms with van der Waals surface area (Å²) in [6.07, 6.45) is -1.39. The number of halogens is 3. The Morgan fingerprint density at radius 2 is 1.81 bits per heavy atom. The molecule has 0 aliphatic rings. The zero-order chi connectivity index (χ0) is 22.7. The molecule has 1 amide bonds. The summed E-state index contributed by atoms with van der Waals surface area (Å²) in [4.78, 5) is 16.4. The zero-order valence-corrected chi connectivity index (χ0v) is 17.0. The van der Waals surface area contributed by atoms with Gasteiger partial charge in [-0.05, 0) is 35.7 Å². The van der Waals surface area contributed by atoms with E-state index in [4.69, 9.17) is 4.74 Å². The van der Waals surface area contributed by atoms with Crippen molar-refractivity contribution in [3.63, 3.8) is 0 Å². The van der Waals surface area contributed by atoms with Gasteiger partial charge in [-0.1, -0.05) is 42.5 Å². The van der Waals surface area contributed by atoms with E-state index in [1.54, 1.807) is 23.0 Å². The molecule has 0 unspecified atom stereocenters. The molecule has 0 radical (unpaired) electrons. The molecule has 6 nitrogen and oxygen atoms in total. The molecule has 4 aromatic rings. The lowest BCUT2D eigenvalue weighted by Crippen LogP contribution is -2.31. The molecule has 0 fully saturated rings. The maximum Gasteiger partial charge on any atom is 0.416 e. The lowest BCUT2D eigenvalue weighted by Gasteiger charge is -2.19. The number of alkyl carbamates (subject to hydrolysis) is 1. The minimum atomic E-state index is -4.41. The molecule has 2 aromatic heterocycles. The molecule has 0 spiro atoms. The summed E-state index contributed by atoms with van der Waals surface area (Å²) >= 11 is 0. The third-order valence-corrected chi connectivity index (χ3v) is 5.07. The van der Waals surface area contributed by atoms with Gasteiger partial charge in [0.25, 0.3) is 0 Å². The summed E-state index contributed by atoms with van der Waals surface area (Å²) < 4.78 is 45.0. The number of methoxy groups -OCH3 is 1. The van der Waals surface area contributed by atoms with Crippen molar-refractivity contribution in [2.45, 2.75) is 18.6 Å². The normalized spacial score (nSPS) is 12.5. The number of benzene rings is 2. The first-order valence-electron chi connectivity index (χ1n) is 9.75. The Labute approximate surface area is 181 Å². The van der Waals surface area contributed by atoms with E-state index in [1.807, 2.05) is 30.3 Å². The second-order valence-electron chi connectivity index (χ2n) is 7.12. The van der Waals surface area contributed by atoms with Crippen molar-refractivity contribution in [3.05, 3.63) is 89.9 Å². The molecule has 2 aromatic carbocycles. The molecule has 0 aliphatic carbocycles. The number of nitrogens with one attached hydrogen (secondary N) is 1. The molecular formula is C23H19F3N4O2. The standard InChI is InChI=1S/C23H19F3N4O2/c1-32-22(31)29-19(13-15-5-3-2-4-6-15)20-11-12-27-21-18(14-28-30(20)21)16-7-9-17(10-8-16)23(24,25)26/h2-12,14,19H,13H2,1H3,(H,29,31)/t19-/m1/s1. The van der Waals surface area contributed by atoms with E-state index in [-0.39, 0.29) is 0 Å². The van der Waals surface area contributed by atoms with Crippen LogP contribution in [0.1, 0.15) is 22.9 Å². The Kier molecular flexibility index (Phi) is 5.81. The van der Waals surface area contributed by atoms with Crippen molar-refractivity contribution in [2.75, 3.05) is 7.11 Å². The summed E-state index contributed by atoms with van der Waals surface area (Å²) in [5, 5.41) is 7.22. The van der Waals surface area contributed by atoms with Crippen LogP contribution in [0.4, 0.5) is 18.0 Å². The molecule has 2 heterocycles. The van der Waals surface area contributed by atoms with Crippen LogP contribution in [-0.4, -0.2) is 27.8 Å². The highest BCUT2D eigenvalue weighted by Gasteiger charge is 2.30.